The summed E-state index contributed by atoms with van der Waals surface area (Å²) in [5.41, 5.74) is 5.67. The van der Waals surface area contributed by atoms with E-state index in [-0.39, 0.29) is 21.4 Å². The summed E-state index contributed by atoms with van der Waals surface area (Å²) in [6.07, 6.45) is 1.04. The van der Waals surface area contributed by atoms with Gasteiger partial charge in [-0.3, -0.25) is 0 Å². The Morgan fingerprint density at radius 3 is 2.37 bits per heavy atom. The molecule has 0 spiro atoms. The average molecular weight is 327 g/mol. The van der Waals surface area contributed by atoms with Gasteiger partial charge in [-0.25, -0.2) is 21.6 Å². The second-order valence-corrected chi connectivity index (χ2v) is 8.60. The van der Waals surface area contributed by atoms with Crippen LogP contribution in [0.25, 0.3) is 0 Å². The second kappa shape index (κ2) is 5.66. The molecule has 0 saturated heterocycles. The molecule has 0 heterocycles. The van der Waals surface area contributed by atoms with Crippen molar-refractivity contribution in [1.82, 2.24) is 4.72 Å². The van der Waals surface area contributed by atoms with E-state index < -0.39 is 25.9 Å². The molecule has 1 unspecified atom stereocenters. The first-order valence-electron chi connectivity index (χ1n) is 5.26. The summed E-state index contributed by atoms with van der Waals surface area (Å²) in [5, 5.41) is 0.253. The van der Waals surface area contributed by atoms with Crippen molar-refractivity contribution >= 4 is 37.1 Å². The summed E-state index contributed by atoms with van der Waals surface area (Å²) in [4.78, 5) is -0.0604. The number of sulfone groups is 1. The number of hydrogen-bond donors (Lipinski definition) is 2. The predicted octanol–water partition coefficient (Wildman–Crippen LogP) is 0.634. The maximum absolute atomic E-state index is 12.0. The van der Waals surface area contributed by atoms with Gasteiger partial charge in [0.05, 0.1) is 21.4 Å². The van der Waals surface area contributed by atoms with Crippen LogP contribution in [0, 0.1) is 0 Å². The van der Waals surface area contributed by atoms with Gasteiger partial charge < -0.3 is 5.73 Å². The lowest BCUT2D eigenvalue weighted by Crippen LogP contribution is -2.37. The van der Waals surface area contributed by atoms with Crippen LogP contribution >= 0.6 is 11.6 Å². The van der Waals surface area contributed by atoms with Gasteiger partial charge in [0, 0.05) is 12.3 Å². The topological polar surface area (TPSA) is 106 Å². The van der Waals surface area contributed by atoms with E-state index in [2.05, 4.69) is 4.72 Å². The number of nitrogens with one attached hydrogen (secondary N) is 1. The Morgan fingerprint density at radius 1 is 1.32 bits per heavy atom. The number of halogens is 1. The van der Waals surface area contributed by atoms with Crippen molar-refractivity contribution in [2.24, 2.45) is 0 Å². The normalized spacial score (nSPS) is 14.3. The van der Waals surface area contributed by atoms with Gasteiger partial charge in [0.15, 0.2) is 0 Å². The summed E-state index contributed by atoms with van der Waals surface area (Å²) in [7, 11) is -7.09. The first-order valence-corrected chi connectivity index (χ1v) is 9.18. The number of anilines is 1. The van der Waals surface area contributed by atoms with Crippen LogP contribution in [-0.2, 0) is 19.9 Å². The number of rotatable bonds is 5. The molecule has 9 heteroatoms. The van der Waals surface area contributed by atoms with Gasteiger partial charge in [-0.2, -0.15) is 0 Å². The molecule has 19 heavy (non-hydrogen) atoms. The maximum atomic E-state index is 12.0. The van der Waals surface area contributed by atoms with Crippen LogP contribution in [0.15, 0.2) is 23.1 Å². The number of benzene rings is 1. The van der Waals surface area contributed by atoms with Crippen LogP contribution in [0.4, 0.5) is 5.69 Å². The summed E-state index contributed by atoms with van der Waals surface area (Å²) >= 11 is 5.70. The third-order valence-corrected chi connectivity index (χ3v) is 5.22. The SMILES string of the molecule is CC(CS(C)(=O)=O)NS(=O)(=O)c1ccc(Cl)c(N)c1. The first kappa shape index (κ1) is 16.2. The van der Waals surface area contributed by atoms with E-state index in [1.165, 1.54) is 25.1 Å². The lowest BCUT2D eigenvalue weighted by atomic mass is 10.3. The zero-order valence-electron chi connectivity index (χ0n) is 10.4. The van der Waals surface area contributed by atoms with Crippen molar-refractivity contribution in [3.8, 4) is 0 Å². The Hall–Kier alpha value is -0.830. The van der Waals surface area contributed by atoms with E-state index in [9.17, 15) is 16.8 Å². The smallest absolute Gasteiger partial charge is 0.240 e. The summed E-state index contributed by atoms with van der Waals surface area (Å²) in [6, 6.07) is 3.15. The highest BCUT2D eigenvalue weighted by atomic mass is 35.5. The number of hydrogen-bond acceptors (Lipinski definition) is 5. The molecule has 0 aliphatic heterocycles. The molecule has 3 N–H and O–H groups in total. The van der Waals surface area contributed by atoms with Gasteiger partial charge in [0.1, 0.15) is 9.84 Å². The summed E-state index contributed by atoms with van der Waals surface area (Å²) in [5.74, 6) is -0.282. The molecule has 108 valence electrons. The number of nitrogens with two attached hydrogens (primary N) is 1. The minimum absolute atomic E-state index is 0.0604. The minimum Gasteiger partial charge on any atom is -0.397 e. The van der Waals surface area contributed by atoms with E-state index in [0.717, 1.165) is 6.26 Å². The first-order chi connectivity index (χ1) is 8.51. The molecule has 0 fully saturated rings. The van der Waals surface area contributed by atoms with Crippen molar-refractivity contribution in [2.45, 2.75) is 17.9 Å². The molecule has 0 aliphatic carbocycles. The van der Waals surface area contributed by atoms with Crippen molar-refractivity contribution < 1.29 is 16.8 Å². The molecule has 6 nitrogen and oxygen atoms in total. The van der Waals surface area contributed by atoms with Crippen LogP contribution in [0.1, 0.15) is 6.92 Å². The molecule has 1 aromatic carbocycles. The van der Waals surface area contributed by atoms with Crippen LogP contribution in [0.5, 0.6) is 0 Å². The molecule has 0 radical (unpaired) electrons. The zero-order chi connectivity index (χ0) is 14.8. The summed E-state index contributed by atoms with van der Waals surface area (Å²) < 4.78 is 48.4. The fourth-order valence-electron chi connectivity index (χ4n) is 1.51. The summed E-state index contributed by atoms with van der Waals surface area (Å²) in [6.45, 7) is 1.47. The lowest BCUT2D eigenvalue weighted by Gasteiger charge is -2.13. The predicted molar refractivity (Wildman–Crippen MR) is 75.4 cm³/mol. The van der Waals surface area contributed by atoms with Gasteiger partial charge >= 0.3 is 0 Å². The van der Waals surface area contributed by atoms with Gasteiger partial charge in [-0.1, -0.05) is 11.6 Å². The standard InChI is InChI=1S/C10H15ClN2O4S2/c1-7(6-18(2,14)15)13-19(16,17)8-3-4-9(11)10(12)5-8/h3-5,7,13H,6,12H2,1-2H3. The molecular weight excluding hydrogens is 312 g/mol. The fourth-order valence-corrected chi connectivity index (χ4v) is 4.00. The highest BCUT2D eigenvalue weighted by molar-refractivity contribution is 7.91. The average Bonchev–Trinajstić information content (AvgIpc) is 2.17. The van der Waals surface area contributed by atoms with Crippen molar-refractivity contribution in [2.75, 3.05) is 17.7 Å². The Balaban J connectivity index is 2.95. The van der Waals surface area contributed by atoms with Crippen LogP contribution in [-0.4, -0.2) is 34.9 Å². The second-order valence-electron chi connectivity index (χ2n) is 4.30. The van der Waals surface area contributed by atoms with E-state index in [1.807, 2.05) is 0 Å². The largest absolute Gasteiger partial charge is 0.397 e. The molecule has 0 bridgehead atoms. The molecule has 0 aromatic heterocycles. The monoisotopic (exact) mass is 326 g/mol. The Kier molecular flexibility index (Phi) is 4.83. The lowest BCUT2D eigenvalue weighted by molar-refractivity contribution is 0.564. The van der Waals surface area contributed by atoms with E-state index >= 15 is 0 Å². The van der Waals surface area contributed by atoms with Crippen LogP contribution < -0.4 is 10.5 Å². The molecule has 0 aliphatic rings. The number of nitrogen functional groups attached to an aromatic ring is 1. The third-order valence-electron chi connectivity index (χ3n) is 2.19. The van der Waals surface area contributed by atoms with E-state index in [0.29, 0.717) is 0 Å². The molecule has 0 saturated carbocycles. The van der Waals surface area contributed by atoms with Gasteiger partial charge in [0.2, 0.25) is 10.0 Å². The molecule has 0 amide bonds. The number of sulfonamides is 1. The van der Waals surface area contributed by atoms with E-state index in [1.54, 1.807) is 0 Å². The maximum Gasteiger partial charge on any atom is 0.240 e. The van der Waals surface area contributed by atoms with Gasteiger partial charge in [0.25, 0.3) is 0 Å². The van der Waals surface area contributed by atoms with Gasteiger partial charge in [-0.15, -0.1) is 0 Å². The molecular formula is C10H15ClN2O4S2. The molecule has 1 aromatic rings. The molecule has 1 atom stereocenters. The van der Waals surface area contributed by atoms with Crippen molar-refractivity contribution in [3.63, 3.8) is 0 Å². The van der Waals surface area contributed by atoms with Crippen molar-refractivity contribution in [3.05, 3.63) is 23.2 Å². The fraction of sp³-hybridized carbons (Fsp3) is 0.400. The third kappa shape index (κ3) is 4.98. The zero-order valence-corrected chi connectivity index (χ0v) is 12.8. The van der Waals surface area contributed by atoms with E-state index in [4.69, 9.17) is 17.3 Å². The minimum atomic E-state index is -3.82. The highest BCUT2D eigenvalue weighted by Crippen LogP contribution is 2.22. The van der Waals surface area contributed by atoms with Gasteiger partial charge in [-0.05, 0) is 25.1 Å². The van der Waals surface area contributed by atoms with Crippen LogP contribution in [0.2, 0.25) is 5.02 Å². The Bertz CT molecular complexity index is 671. The Labute approximate surface area is 117 Å². The van der Waals surface area contributed by atoms with Crippen molar-refractivity contribution in [1.29, 1.82) is 0 Å². The van der Waals surface area contributed by atoms with Crippen LogP contribution in [0.3, 0.4) is 0 Å². The highest BCUT2D eigenvalue weighted by Gasteiger charge is 2.20. The quantitative estimate of drug-likeness (QED) is 0.772. The Morgan fingerprint density at radius 2 is 1.89 bits per heavy atom. The molecule has 1 rings (SSSR count).